The molecular formula is C21H27F2N3O2+2. The van der Waals surface area contributed by atoms with E-state index in [-0.39, 0.29) is 17.3 Å². The summed E-state index contributed by atoms with van der Waals surface area (Å²) < 4.78 is 29.4. The first-order valence-electron chi connectivity index (χ1n) is 9.56. The number of rotatable bonds is 7. The Bertz CT molecular complexity index is 793. The summed E-state index contributed by atoms with van der Waals surface area (Å²) in [6.07, 6.45) is 0. The summed E-state index contributed by atoms with van der Waals surface area (Å²) >= 11 is 0. The molecular weight excluding hydrogens is 364 g/mol. The van der Waals surface area contributed by atoms with Crippen LogP contribution in [0.15, 0.2) is 48.5 Å². The van der Waals surface area contributed by atoms with Crippen LogP contribution in [0.25, 0.3) is 0 Å². The van der Waals surface area contributed by atoms with Gasteiger partial charge in [0.1, 0.15) is 38.5 Å². The maximum absolute atomic E-state index is 12.5. The second kappa shape index (κ2) is 9.61. The molecule has 1 saturated heterocycles. The number of para-hydroxylation sites is 2. The Labute approximate surface area is 163 Å². The third-order valence-electron chi connectivity index (χ3n) is 5.15. The van der Waals surface area contributed by atoms with Gasteiger partial charge < -0.3 is 19.9 Å². The largest absolute Gasteiger partial charge is 0.433 e. The van der Waals surface area contributed by atoms with Crippen molar-refractivity contribution in [1.29, 1.82) is 0 Å². The van der Waals surface area contributed by atoms with E-state index in [1.54, 1.807) is 18.2 Å². The van der Waals surface area contributed by atoms with Gasteiger partial charge in [-0.1, -0.05) is 36.4 Å². The van der Waals surface area contributed by atoms with Crippen LogP contribution in [0, 0.1) is 6.92 Å². The number of carbonyl (C=O) groups excluding carboxylic acids is 1. The minimum Gasteiger partial charge on any atom is -0.433 e. The topological polar surface area (TPSA) is 47.2 Å². The number of piperazine rings is 1. The lowest BCUT2D eigenvalue weighted by Crippen LogP contribution is -3.28. The molecule has 1 aliphatic heterocycles. The first kappa shape index (κ1) is 20.2. The molecule has 0 aromatic heterocycles. The van der Waals surface area contributed by atoms with Crippen LogP contribution in [0.1, 0.15) is 11.1 Å². The number of nitrogens with one attached hydrogen (secondary N) is 3. The van der Waals surface area contributed by atoms with E-state index in [4.69, 9.17) is 0 Å². The van der Waals surface area contributed by atoms with Crippen LogP contribution in [0.5, 0.6) is 5.75 Å². The summed E-state index contributed by atoms with van der Waals surface area (Å²) in [6.45, 7) is 4.35. The van der Waals surface area contributed by atoms with Crippen LogP contribution in [0.2, 0.25) is 0 Å². The van der Waals surface area contributed by atoms with Crippen molar-refractivity contribution in [1.82, 2.24) is 0 Å². The van der Waals surface area contributed by atoms with Crippen LogP contribution in [0.4, 0.5) is 14.5 Å². The van der Waals surface area contributed by atoms with Crippen LogP contribution in [-0.4, -0.2) is 45.2 Å². The van der Waals surface area contributed by atoms with E-state index >= 15 is 0 Å². The summed E-state index contributed by atoms with van der Waals surface area (Å²) in [5.41, 5.74) is 2.96. The molecule has 1 heterocycles. The third kappa shape index (κ3) is 5.74. The Hall–Kier alpha value is -2.51. The summed E-state index contributed by atoms with van der Waals surface area (Å²) in [6, 6.07) is 14.7. The van der Waals surface area contributed by atoms with Gasteiger partial charge in [0.25, 0.3) is 5.91 Å². The fourth-order valence-corrected chi connectivity index (χ4v) is 3.58. The fourth-order valence-electron chi connectivity index (χ4n) is 3.58. The van der Waals surface area contributed by atoms with Crippen molar-refractivity contribution in [3.8, 4) is 5.75 Å². The highest BCUT2D eigenvalue weighted by molar-refractivity contribution is 5.92. The van der Waals surface area contributed by atoms with E-state index in [1.165, 1.54) is 27.0 Å². The van der Waals surface area contributed by atoms with Gasteiger partial charge in [0.15, 0.2) is 6.54 Å². The zero-order valence-electron chi connectivity index (χ0n) is 16.0. The SMILES string of the molecule is Cc1ccccc1C[NH+]1CC[NH+](CC(=O)Nc2ccccc2OC(F)F)CC1. The average molecular weight is 391 g/mol. The Balaban J connectivity index is 1.47. The quantitative estimate of drug-likeness (QED) is 0.645. The number of quaternary nitrogens is 2. The molecule has 3 rings (SSSR count). The highest BCUT2D eigenvalue weighted by atomic mass is 19.3. The zero-order chi connectivity index (χ0) is 19.9. The van der Waals surface area contributed by atoms with Gasteiger partial charge >= 0.3 is 6.61 Å². The lowest BCUT2D eigenvalue weighted by Gasteiger charge is -2.29. The van der Waals surface area contributed by atoms with E-state index in [1.807, 2.05) is 0 Å². The smallest absolute Gasteiger partial charge is 0.387 e. The lowest BCUT2D eigenvalue weighted by atomic mass is 10.1. The van der Waals surface area contributed by atoms with E-state index in [2.05, 4.69) is 41.2 Å². The number of aryl methyl sites for hydroxylation is 1. The van der Waals surface area contributed by atoms with Gasteiger partial charge in [-0.05, 0) is 24.6 Å². The number of halogens is 2. The number of carbonyl (C=O) groups is 1. The molecule has 1 fully saturated rings. The number of benzene rings is 2. The van der Waals surface area contributed by atoms with Crippen molar-refractivity contribution >= 4 is 11.6 Å². The molecule has 0 aliphatic carbocycles. The molecule has 0 atom stereocenters. The van der Waals surface area contributed by atoms with Gasteiger partial charge in [0, 0.05) is 5.56 Å². The normalized spacial score (nSPS) is 19.4. The summed E-state index contributed by atoms with van der Waals surface area (Å²) in [7, 11) is 0. The van der Waals surface area contributed by atoms with Crippen LogP contribution in [-0.2, 0) is 11.3 Å². The lowest BCUT2D eigenvalue weighted by molar-refractivity contribution is -1.02. The summed E-state index contributed by atoms with van der Waals surface area (Å²) in [5.74, 6) is -0.212. The fraction of sp³-hybridized carbons (Fsp3) is 0.381. The molecule has 5 nitrogen and oxygen atoms in total. The molecule has 150 valence electrons. The molecule has 1 aliphatic rings. The summed E-state index contributed by atoms with van der Waals surface area (Å²) in [5, 5.41) is 2.70. The van der Waals surface area contributed by atoms with E-state index < -0.39 is 6.61 Å². The van der Waals surface area contributed by atoms with Crippen LogP contribution >= 0.6 is 0 Å². The highest BCUT2D eigenvalue weighted by Crippen LogP contribution is 2.25. The van der Waals surface area contributed by atoms with E-state index in [0.29, 0.717) is 6.54 Å². The maximum atomic E-state index is 12.5. The molecule has 0 bridgehead atoms. The predicted octanol–water partition coefficient (Wildman–Crippen LogP) is 0.519. The van der Waals surface area contributed by atoms with Gasteiger partial charge in [-0.2, -0.15) is 8.78 Å². The minimum absolute atomic E-state index is 0.0201. The molecule has 3 N–H and O–H groups in total. The Morgan fingerprint density at radius 2 is 1.68 bits per heavy atom. The van der Waals surface area contributed by atoms with Crippen molar-refractivity contribution in [3.05, 3.63) is 59.7 Å². The third-order valence-corrected chi connectivity index (χ3v) is 5.15. The van der Waals surface area contributed by atoms with Crippen molar-refractivity contribution in [2.75, 3.05) is 38.0 Å². The van der Waals surface area contributed by atoms with Gasteiger partial charge in [-0.15, -0.1) is 0 Å². The number of amides is 1. The Morgan fingerprint density at radius 1 is 1.04 bits per heavy atom. The molecule has 2 aromatic carbocycles. The first-order valence-corrected chi connectivity index (χ1v) is 9.56. The standard InChI is InChI=1S/C21H25F2N3O2/c1-16-6-2-3-7-17(16)14-25-10-12-26(13-11-25)15-20(27)24-18-8-4-5-9-19(18)28-21(22)23/h2-9,21H,10-15H2,1H3,(H,24,27)/p+2. The highest BCUT2D eigenvalue weighted by Gasteiger charge is 2.25. The Morgan fingerprint density at radius 3 is 2.39 bits per heavy atom. The van der Waals surface area contributed by atoms with Crippen molar-refractivity contribution in [2.45, 2.75) is 20.1 Å². The number of hydrogen-bond donors (Lipinski definition) is 3. The molecule has 0 spiro atoms. The number of alkyl halides is 2. The van der Waals surface area contributed by atoms with Crippen molar-refractivity contribution in [3.63, 3.8) is 0 Å². The number of hydrogen-bond acceptors (Lipinski definition) is 2. The monoisotopic (exact) mass is 391 g/mol. The van der Waals surface area contributed by atoms with Gasteiger partial charge in [0.2, 0.25) is 0 Å². The second-order valence-corrected chi connectivity index (χ2v) is 7.20. The molecule has 1 amide bonds. The zero-order valence-corrected chi connectivity index (χ0v) is 16.0. The molecule has 0 unspecified atom stereocenters. The molecule has 7 heteroatoms. The molecule has 0 saturated carbocycles. The number of anilines is 1. The van der Waals surface area contributed by atoms with E-state index in [0.717, 1.165) is 32.7 Å². The van der Waals surface area contributed by atoms with Crippen LogP contribution in [0.3, 0.4) is 0 Å². The van der Waals surface area contributed by atoms with E-state index in [9.17, 15) is 13.6 Å². The molecule has 2 aromatic rings. The molecule has 0 radical (unpaired) electrons. The van der Waals surface area contributed by atoms with Gasteiger partial charge in [-0.3, -0.25) is 4.79 Å². The van der Waals surface area contributed by atoms with Crippen LogP contribution < -0.4 is 19.9 Å². The average Bonchev–Trinajstić information content (AvgIpc) is 2.66. The van der Waals surface area contributed by atoms with Crippen molar-refractivity contribution < 1.29 is 28.1 Å². The second-order valence-electron chi connectivity index (χ2n) is 7.20. The number of ether oxygens (including phenoxy) is 1. The summed E-state index contributed by atoms with van der Waals surface area (Å²) in [4.78, 5) is 15.1. The van der Waals surface area contributed by atoms with Gasteiger partial charge in [0.05, 0.1) is 5.69 Å². The maximum Gasteiger partial charge on any atom is 0.387 e. The van der Waals surface area contributed by atoms with Gasteiger partial charge in [-0.25, -0.2) is 0 Å². The predicted molar refractivity (Wildman–Crippen MR) is 103 cm³/mol. The Kier molecular flexibility index (Phi) is 6.95. The van der Waals surface area contributed by atoms with Crippen molar-refractivity contribution in [2.24, 2.45) is 0 Å². The molecule has 28 heavy (non-hydrogen) atoms. The minimum atomic E-state index is -2.92. The first-order chi connectivity index (χ1) is 13.5.